The number of hydrogen-bond acceptors (Lipinski definition) is 5. The minimum Gasteiger partial charge on any atom is -0.496 e. The molecule has 0 unspecified atom stereocenters. The summed E-state index contributed by atoms with van der Waals surface area (Å²) >= 11 is 6.06. The number of para-hydroxylation sites is 1. The van der Waals surface area contributed by atoms with Crippen molar-refractivity contribution in [2.75, 3.05) is 30.4 Å². The molecule has 1 saturated heterocycles. The van der Waals surface area contributed by atoms with Gasteiger partial charge in [-0.3, -0.25) is 4.79 Å². The lowest BCUT2D eigenvalue weighted by molar-refractivity contribution is -0.120. The van der Waals surface area contributed by atoms with E-state index in [1.807, 2.05) is 55.5 Å². The summed E-state index contributed by atoms with van der Waals surface area (Å²) in [5.74, 6) is 1.60. The highest BCUT2D eigenvalue weighted by Gasteiger charge is 2.26. The Hall–Kier alpha value is -3.12. The van der Waals surface area contributed by atoms with E-state index in [1.165, 1.54) is 0 Å². The predicted octanol–water partition coefficient (Wildman–Crippen LogP) is 4.97. The smallest absolute Gasteiger partial charge is 0.227 e. The molecular weight excluding hydrogens is 412 g/mol. The van der Waals surface area contributed by atoms with E-state index in [2.05, 4.69) is 20.4 Å². The average Bonchev–Trinajstić information content (AvgIpc) is 2.81. The van der Waals surface area contributed by atoms with Crippen LogP contribution in [-0.2, 0) is 4.79 Å². The lowest BCUT2D eigenvalue weighted by Gasteiger charge is -2.32. The van der Waals surface area contributed by atoms with Crippen LogP contribution in [0, 0.1) is 12.8 Å². The molecule has 7 heteroatoms. The second-order valence-corrected chi connectivity index (χ2v) is 8.12. The summed E-state index contributed by atoms with van der Waals surface area (Å²) in [6.07, 6.45) is 1.53. The highest BCUT2D eigenvalue weighted by Crippen LogP contribution is 2.29. The third kappa shape index (κ3) is 4.80. The van der Waals surface area contributed by atoms with Crippen LogP contribution in [0.1, 0.15) is 18.4 Å². The number of benzene rings is 2. The maximum absolute atomic E-state index is 12.7. The van der Waals surface area contributed by atoms with Gasteiger partial charge in [0, 0.05) is 35.3 Å². The Balaban J connectivity index is 1.37. The summed E-state index contributed by atoms with van der Waals surface area (Å²) in [5.41, 5.74) is 3.46. The third-order valence-electron chi connectivity index (χ3n) is 5.68. The predicted molar refractivity (Wildman–Crippen MR) is 124 cm³/mol. The van der Waals surface area contributed by atoms with Crippen LogP contribution in [0.4, 0.5) is 11.5 Å². The summed E-state index contributed by atoms with van der Waals surface area (Å²) in [7, 11) is 1.65. The van der Waals surface area contributed by atoms with E-state index in [9.17, 15) is 4.79 Å². The largest absolute Gasteiger partial charge is 0.496 e. The highest BCUT2D eigenvalue weighted by atomic mass is 35.5. The Kier molecular flexibility index (Phi) is 6.37. The topological polar surface area (TPSA) is 67.3 Å². The number of aromatic nitrogens is 2. The Labute approximate surface area is 187 Å². The first-order valence-electron chi connectivity index (χ1n) is 10.3. The molecule has 31 heavy (non-hydrogen) atoms. The van der Waals surface area contributed by atoms with Gasteiger partial charge in [-0.05, 0) is 61.7 Å². The summed E-state index contributed by atoms with van der Waals surface area (Å²) < 4.78 is 5.41. The van der Waals surface area contributed by atoms with Crippen molar-refractivity contribution in [3.05, 3.63) is 65.2 Å². The van der Waals surface area contributed by atoms with Crippen LogP contribution in [-0.4, -0.2) is 36.3 Å². The number of aryl methyl sites for hydroxylation is 1. The number of hydrogen-bond donors (Lipinski definition) is 1. The number of nitrogens with zero attached hydrogens (tertiary/aromatic N) is 3. The Bertz CT molecular complexity index is 1060. The van der Waals surface area contributed by atoms with Gasteiger partial charge < -0.3 is 15.0 Å². The van der Waals surface area contributed by atoms with Gasteiger partial charge in [0.15, 0.2) is 5.82 Å². The van der Waals surface area contributed by atoms with Crippen molar-refractivity contribution < 1.29 is 9.53 Å². The molecule has 3 aromatic rings. The Morgan fingerprint density at radius 2 is 1.87 bits per heavy atom. The van der Waals surface area contributed by atoms with Gasteiger partial charge in [-0.1, -0.05) is 29.8 Å². The number of halogens is 1. The van der Waals surface area contributed by atoms with Crippen molar-refractivity contribution >= 4 is 29.0 Å². The minimum atomic E-state index is -0.0320. The number of ether oxygens (including phenoxy) is 1. The van der Waals surface area contributed by atoms with E-state index in [1.54, 1.807) is 13.2 Å². The zero-order valence-corrected chi connectivity index (χ0v) is 18.4. The lowest BCUT2D eigenvalue weighted by Crippen LogP contribution is -2.38. The van der Waals surface area contributed by atoms with Crippen LogP contribution in [0.3, 0.4) is 0 Å². The first kappa shape index (κ1) is 21.1. The van der Waals surface area contributed by atoms with Crippen LogP contribution in [0.2, 0.25) is 5.02 Å². The number of amides is 1. The highest BCUT2D eigenvalue weighted by molar-refractivity contribution is 6.31. The number of piperidine rings is 1. The van der Waals surface area contributed by atoms with Gasteiger partial charge in [-0.2, -0.15) is 0 Å². The van der Waals surface area contributed by atoms with Crippen LogP contribution >= 0.6 is 11.6 Å². The number of carbonyl (C=O) groups is 1. The average molecular weight is 437 g/mol. The first-order chi connectivity index (χ1) is 15.0. The van der Waals surface area contributed by atoms with Crippen molar-refractivity contribution in [3.8, 4) is 17.0 Å². The maximum Gasteiger partial charge on any atom is 0.227 e. The molecule has 160 valence electrons. The van der Waals surface area contributed by atoms with Crippen LogP contribution in [0.5, 0.6) is 5.75 Å². The molecule has 2 aromatic carbocycles. The van der Waals surface area contributed by atoms with E-state index < -0.39 is 0 Å². The Morgan fingerprint density at radius 1 is 1.10 bits per heavy atom. The molecule has 1 aliphatic rings. The number of rotatable bonds is 5. The monoisotopic (exact) mass is 436 g/mol. The number of anilines is 2. The normalized spacial score (nSPS) is 14.4. The van der Waals surface area contributed by atoms with Crippen molar-refractivity contribution in [1.29, 1.82) is 0 Å². The molecule has 0 saturated carbocycles. The summed E-state index contributed by atoms with van der Waals surface area (Å²) in [4.78, 5) is 14.9. The number of nitrogens with one attached hydrogen (secondary N) is 1. The summed E-state index contributed by atoms with van der Waals surface area (Å²) in [6, 6.07) is 17.2. The van der Waals surface area contributed by atoms with Crippen molar-refractivity contribution in [3.63, 3.8) is 0 Å². The molecule has 0 radical (unpaired) electrons. The first-order valence-corrected chi connectivity index (χ1v) is 10.7. The minimum absolute atomic E-state index is 0.0320. The fourth-order valence-corrected chi connectivity index (χ4v) is 4.00. The lowest BCUT2D eigenvalue weighted by atomic mass is 9.95. The van der Waals surface area contributed by atoms with Gasteiger partial charge in [0.2, 0.25) is 5.91 Å². The van der Waals surface area contributed by atoms with Crippen molar-refractivity contribution in [2.24, 2.45) is 5.92 Å². The molecule has 1 aliphatic heterocycles. The second-order valence-electron chi connectivity index (χ2n) is 7.69. The molecule has 0 atom stereocenters. The van der Waals surface area contributed by atoms with Crippen molar-refractivity contribution in [2.45, 2.75) is 19.8 Å². The molecule has 0 spiro atoms. The van der Waals surface area contributed by atoms with Gasteiger partial charge >= 0.3 is 0 Å². The van der Waals surface area contributed by atoms with Gasteiger partial charge in [0.25, 0.3) is 0 Å². The molecule has 1 N–H and O–H groups in total. The SMILES string of the molecule is COc1ccccc1-c1ccc(N2CCC(C(=O)Nc3cc(Cl)ccc3C)CC2)nn1. The van der Waals surface area contributed by atoms with E-state index >= 15 is 0 Å². The number of methoxy groups -OCH3 is 1. The fourth-order valence-electron chi connectivity index (χ4n) is 3.83. The van der Waals surface area contributed by atoms with Gasteiger partial charge in [-0.25, -0.2) is 0 Å². The fraction of sp³-hybridized carbons (Fsp3) is 0.292. The van der Waals surface area contributed by atoms with Crippen LogP contribution in [0.25, 0.3) is 11.3 Å². The van der Waals surface area contributed by atoms with Crippen molar-refractivity contribution in [1.82, 2.24) is 10.2 Å². The van der Waals surface area contributed by atoms with E-state index in [0.717, 1.165) is 60.0 Å². The summed E-state index contributed by atoms with van der Waals surface area (Å²) in [5, 5.41) is 12.5. The van der Waals surface area contributed by atoms with Gasteiger partial charge in [-0.15, -0.1) is 10.2 Å². The van der Waals surface area contributed by atoms with E-state index in [0.29, 0.717) is 5.02 Å². The van der Waals surface area contributed by atoms with Crippen LogP contribution in [0.15, 0.2) is 54.6 Å². The van der Waals surface area contributed by atoms with E-state index in [4.69, 9.17) is 16.3 Å². The number of carbonyl (C=O) groups excluding carboxylic acids is 1. The molecule has 0 aliphatic carbocycles. The molecule has 0 bridgehead atoms. The standard InChI is InChI=1S/C24H25ClN4O2/c1-16-7-8-18(25)15-21(16)26-24(30)17-11-13-29(14-12-17)23-10-9-20(27-28-23)19-5-3-4-6-22(19)31-2/h3-10,15,17H,11-14H2,1-2H3,(H,26,30). The quantitative estimate of drug-likeness (QED) is 0.611. The molecule has 6 nitrogen and oxygen atoms in total. The van der Waals surface area contributed by atoms with Gasteiger partial charge in [0.1, 0.15) is 5.75 Å². The molecule has 1 amide bonds. The zero-order chi connectivity index (χ0) is 21.8. The molecule has 1 fully saturated rings. The molecule has 1 aromatic heterocycles. The molecule has 2 heterocycles. The second kappa shape index (κ2) is 9.35. The third-order valence-corrected chi connectivity index (χ3v) is 5.92. The summed E-state index contributed by atoms with van der Waals surface area (Å²) in [6.45, 7) is 3.48. The Morgan fingerprint density at radius 3 is 2.58 bits per heavy atom. The van der Waals surface area contributed by atoms with Gasteiger partial charge in [0.05, 0.1) is 12.8 Å². The van der Waals surface area contributed by atoms with Crippen LogP contribution < -0.4 is 15.0 Å². The maximum atomic E-state index is 12.7. The molecule has 4 rings (SSSR count). The zero-order valence-electron chi connectivity index (χ0n) is 17.6. The molecular formula is C24H25ClN4O2. The van der Waals surface area contributed by atoms with E-state index in [-0.39, 0.29) is 11.8 Å².